The molecular weight excluding hydrogens is 326 g/mol. The molecule has 22 heavy (non-hydrogen) atoms. The Kier molecular flexibility index (Phi) is 5.09. The van der Waals surface area contributed by atoms with Gasteiger partial charge in [-0.2, -0.15) is 12.8 Å². The SMILES string of the molecule is CCOC(C)=NS(=O)(=O)c1nc(-c2ccc(OC)cc2)ns1. The Bertz CT molecular complexity index is 767. The highest BCUT2D eigenvalue weighted by molar-refractivity contribution is 7.92. The summed E-state index contributed by atoms with van der Waals surface area (Å²) in [4.78, 5) is 4.04. The minimum Gasteiger partial charge on any atom is -0.497 e. The van der Waals surface area contributed by atoms with E-state index in [1.54, 1.807) is 38.3 Å². The molecule has 0 spiro atoms. The predicted molar refractivity (Wildman–Crippen MR) is 83.8 cm³/mol. The Morgan fingerprint density at radius 3 is 2.59 bits per heavy atom. The lowest BCUT2D eigenvalue weighted by Crippen LogP contribution is -2.05. The van der Waals surface area contributed by atoms with Crippen LogP contribution in [0.2, 0.25) is 0 Å². The summed E-state index contributed by atoms with van der Waals surface area (Å²) in [5.74, 6) is 1.10. The third-order valence-corrected chi connectivity index (χ3v) is 4.98. The molecule has 1 aromatic heterocycles. The Balaban J connectivity index is 2.28. The monoisotopic (exact) mass is 341 g/mol. The van der Waals surface area contributed by atoms with Gasteiger partial charge in [0, 0.05) is 24.0 Å². The van der Waals surface area contributed by atoms with E-state index in [1.807, 2.05) is 0 Å². The predicted octanol–water partition coefficient (Wildman–Crippen LogP) is 2.36. The summed E-state index contributed by atoms with van der Waals surface area (Å²) in [6.45, 7) is 3.57. The quantitative estimate of drug-likeness (QED) is 0.612. The van der Waals surface area contributed by atoms with E-state index >= 15 is 0 Å². The fourth-order valence-electron chi connectivity index (χ4n) is 1.62. The van der Waals surface area contributed by atoms with E-state index in [1.165, 1.54) is 6.92 Å². The van der Waals surface area contributed by atoms with Crippen molar-refractivity contribution in [2.75, 3.05) is 13.7 Å². The molecule has 1 aromatic carbocycles. The van der Waals surface area contributed by atoms with Gasteiger partial charge in [0.1, 0.15) is 5.75 Å². The van der Waals surface area contributed by atoms with Gasteiger partial charge in [-0.3, -0.25) is 0 Å². The van der Waals surface area contributed by atoms with Crippen LogP contribution in [0.4, 0.5) is 0 Å². The first-order chi connectivity index (χ1) is 10.5. The second-order valence-corrected chi connectivity index (χ2v) is 6.66. The number of rotatable bonds is 5. The Morgan fingerprint density at radius 1 is 1.32 bits per heavy atom. The first-order valence-electron chi connectivity index (χ1n) is 6.38. The van der Waals surface area contributed by atoms with Crippen LogP contribution in [-0.2, 0) is 14.8 Å². The molecule has 0 saturated heterocycles. The molecule has 0 unspecified atom stereocenters. The van der Waals surface area contributed by atoms with Gasteiger partial charge in [0.15, 0.2) is 11.7 Å². The first kappa shape index (κ1) is 16.4. The molecule has 0 fully saturated rings. The molecule has 0 radical (unpaired) electrons. The molecule has 7 nitrogen and oxygen atoms in total. The Hall–Kier alpha value is -2.00. The van der Waals surface area contributed by atoms with Gasteiger partial charge in [0.25, 0.3) is 4.34 Å². The summed E-state index contributed by atoms with van der Waals surface area (Å²) in [5.41, 5.74) is 0.698. The summed E-state index contributed by atoms with van der Waals surface area (Å²) >= 11 is 0.778. The van der Waals surface area contributed by atoms with Crippen LogP contribution >= 0.6 is 11.5 Å². The van der Waals surface area contributed by atoms with Gasteiger partial charge in [-0.05, 0) is 31.2 Å². The van der Waals surface area contributed by atoms with Crippen LogP contribution in [-0.4, -0.2) is 37.4 Å². The highest BCUT2D eigenvalue weighted by atomic mass is 32.2. The number of hydrogen-bond donors (Lipinski definition) is 0. The smallest absolute Gasteiger partial charge is 0.314 e. The summed E-state index contributed by atoms with van der Waals surface area (Å²) in [5, 5.41) is 0. The maximum absolute atomic E-state index is 12.1. The molecule has 118 valence electrons. The lowest BCUT2D eigenvalue weighted by atomic mass is 10.2. The molecule has 9 heteroatoms. The highest BCUT2D eigenvalue weighted by Gasteiger charge is 2.20. The number of aromatic nitrogens is 2. The summed E-state index contributed by atoms with van der Waals surface area (Å²) < 4.78 is 41.7. The van der Waals surface area contributed by atoms with Crippen molar-refractivity contribution in [3.63, 3.8) is 0 Å². The Morgan fingerprint density at radius 2 is 2.00 bits per heavy atom. The zero-order valence-electron chi connectivity index (χ0n) is 12.3. The van der Waals surface area contributed by atoms with E-state index in [9.17, 15) is 8.42 Å². The van der Waals surface area contributed by atoms with Crippen molar-refractivity contribution in [3.8, 4) is 17.1 Å². The van der Waals surface area contributed by atoms with Gasteiger partial charge in [0.2, 0.25) is 0 Å². The van der Waals surface area contributed by atoms with Crippen LogP contribution < -0.4 is 4.74 Å². The maximum Gasteiger partial charge on any atom is 0.314 e. The van der Waals surface area contributed by atoms with Crippen molar-refractivity contribution >= 4 is 27.5 Å². The van der Waals surface area contributed by atoms with Gasteiger partial charge in [-0.1, -0.05) is 0 Å². The third-order valence-electron chi connectivity index (χ3n) is 2.58. The number of nitrogens with zero attached hydrogens (tertiary/aromatic N) is 3. The van der Waals surface area contributed by atoms with Crippen LogP contribution in [0.5, 0.6) is 5.75 Å². The van der Waals surface area contributed by atoms with Gasteiger partial charge < -0.3 is 9.47 Å². The lowest BCUT2D eigenvalue weighted by Gasteiger charge is -2.00. The Labute approximate surface area is 132 Å². The first-order valence-corrected chi connectivity index (χ1v) is 8.60. The molecule has 0 amide bonds. The van der Waals surface area contributed by atoms with Crippen molar-refractivity contribution in [2.24, 2.45) is 4.40 Å². The average molecular weight is 341 g/mol. The van der Waals surface area contributed by atoms with Crippen LogP contribution in [0, 0.1) is 0 Å². The van der Waals surface area contributed by atoms with Gasteiger partial charge in [-0.25, -0.2) is 4.98 Å². The maximum atomic E-state index is 12.1. The second-order valence-electron chi connectivity index (χ2n) is 4.13. The molecule has 0 aliphatic carbocycles. The van der Waals surface area contributed by atoms with E-state index in [0.29, 0.717) is 23.7 Å². The normalized spacial score (nSPS) is 12.2. The van der Waals surface area contributed by atoms with E-state index in [2.05, 4.69) is 13.8 Å². The number of ether oxygens (including phenoxy) is 2. The zero-order valence-corrected chi connectivity index (χ0v) is 13.9. The van der Waals surface area contributed by atoms with Gasteiger partial charge in [0.05, 0.1) is 13.7 Å². The van der Waals surface area contributed by atoms with E-state index in [-0.39, 0.29) is 10.2 Å². The minimum absolute atomic E-state index is 0.0729. The fraction of sp³-hybridized carbons (Fsp3) is 0.308. The second kappa shape index (κ2) is 6.84. The number of methoxy groups -OCH3 is 1. The largest absolute Gasteiger partial charge is 0.497 e. The molecule has 0 atom stereocenters. The van der Waals surface area contributed by atoms with Crippen LogP contribution in [0.3, 0.4) is 0 Å². The molecule has 0 saturated carbocycles. The topological polar surface area (TPSA) is 90.7 Å². The van der Waals surface area contributed by atoms with Crippen LogP contribution in [0.25, 0.3) is 11.4 Å². The zero-order chi connectivity index (χ0) is 16.2. The molecule has 1 heterocycles. The fourth-order valence-corrected chi connectivity index (χ4v) is 3.32. The lowest BCUT2D eigenvalue weighted by molar-refractivity contribution is 0.325. The van der Waals surface area contributed by atoms with Crippen molar-refractivity contribution in [1.82, 2.24) is 9.36 Å². The van der Waals surface area contributed by atoms with Gasteiger partial charge in [-0.15, -0.1) is 4.40 Å². The van der Waals surface area contributed by atoms with Gasteiger partial charge >= 0.3 is 10.0 Å². The van der Waals surface area contributed by atoms with Crippen LogP contribution in [0.15, 0.2) is 33.0 Å². The standard InChI is InChI=1S/C13H15N3O4S2/c1-4-20-9(2)16-22(17,18)13-14-12(15-21-13)10-5-7-11(19-3)8-6-10/h5-8H,4H2,1-3H3. The molecule has 0 bridgehead atoms. The van der Waals surface area contributed by atoms with Crippen molar-refractivity contribution < 1.29 is 17.9 Å². The van der Waals surface area contributed by atoms with Crippen molar-refractivity contribution in [1.29, 1.82) is 0 Å². The number of hydrogen-bond acceptors (Lipinski definition) is 7. The van der Waals surface area contributed by atoms with E-state index in [0.717, 1.165) is 11.5 Å². The van der Waals surface area contributed by atoms with E-state index in [4.69, 9.17) is 9.47 Å². The molecule has 0 aliphatic rings. The highest BCUT2D eigenvalue weighted by Crippen LogP contribution is 2.24. The third kappa shape index (κ3) is 3.80. The average Bonchev–Trinajstić information content (AvgIpc) is 2.98. The molecule has 0 aliphatic heterocycles. The molecular formula is C13H15N3O4S2. The molecule has 2 aromatic rings. The summed E-state index contributed by atoms with van der Waals surface area (Å²) in [7, 11) is -2.33. The van der Waals surface area contributed by atoms with Crippen molar-refractivity contribution in [3.05, 3.63) is 24.3 Å². The summed E-state index contributed by atoms with van der Waals surface area (Å²) in [6.07, 6.45) is 0. The number of benzene rings is 1. The molecule has 0 N–H and O–H groups in total. The number of sulfonamides is 1. The van der Waals surface area contributed by atoms with Crippen molar-refractivity contribution in [2.45, 2.75) is 18.2 Å². The van der Waals surface area contributed by atoms with Crippen LogP contribution in [0.1, 0.15) is 13.8 Å². The van der Waals surface area contributed by atoms with E-state index < -0.39 is 10.0 Å². The summed E-state index contributed by atoms with van der Waals surface area (Å²) in [6, 6.07) is 7.02. The molecule has 2 rings (SSSR count). The minimum atomic E-state index is -3.90.